The molecule has 0 spiro atoms. The zero-order valence-corrected chi connectivity index (χ0v) is 15.9. The van der Waals surface area contributed by atoms with Gasteiger partial charge >= 0.3 is 0 Å². The number of nitrogens with zero attached hydrogens (tertiary/aromatic N) is 1. The molecule has 0 aliphatic rings. The second-order valence-corrected chi connectivity index (χ2v) is 6.53. The van der Waals surface area contributed by atoms with Crippen molar-refractivity contribution < 1.29 is 9.53 Å². The molecule has 26 heavy (non-hydrogen) atoms. The molecule has 1 amide bonds. The molecule has 2 aromatic rings. The van der Waals surface area contributed by atoms with Crippen LogP contribution >= 0.6 is 11.6 Å². The van der Waals surface area contributed by atoms with Gasteiger partial charge in [-0.25, -0.2) is 0 Å². The van der Waals surface area contributed by atoms with Gasteiger partial charge in [0.05, 0.1) is 6.61 Å². The van der Waals surface area contributed by atoms with Gasteiger partial charge in [0, 0.05) is 17.0 Å². The smallest absolute Gasteiger partial charge is 0.259 e. The fourth-order valence-corrected chi connectivity index (χ4v) is 3.16. The van der Waals surface area contributed by atoms with Crippen LogP contribution in [0.4, 0.5) is 0 Å². The molecule has 134 valence electrons. The molecule has 0 aliphatic carbocycles. The van der Waals surface area contributed by atoms with Gasteiger partial charge in [0.2, 0.25) is 0 Å². The molecule has 4 nitrogen and oxygen atoms in total. The average Bonchev–Trinajstić information content (AvgIpc) is 2.54. The van der Waals surface area contributed by atoms with Crippen LogP contribution in [0.25, 0.3) is 6.08 Å². The molecule has 5 heteroatoms. The Hall–Kier alpha value is -2.77. The highest BCUT2D eigenvalue weighted by Gasteiger charge is 2.13. The van der Waals surface area contributed by atoms with Gasteiger partial charge in [-0.1, -0.05) is 40.9 Å². The summed E-state index contributed by atoms with van der Waals surface area (Å²) in [5, 5.41) is 9.53. The van der Waals surface area contributed by atoms with E-state index in [9.17, 15) is 4.79 Å². The Labute approximate surface area is 158 Å². The summed E-state index contributed by atoms with van der Waals surface area (Å²) < 4.78 is 5.75. The predicted octanol–water partition coefficient (Wildman–Crippen LogP) is 4.34. The molecule has 0 radical (unpaired) electrons. The number of carbonyl (C=O) groups excluding carboxylic acids is 1. The van der Waals surface area contributed by atoms with Gasteiger partial charge in [0.1, 0.15) is 17.4 Å². The highest BCUT2D eigenvalue weighted by atomic mass is 35.5. The number of carbonyl (C=O) groups is 1. The molecule has 0 bridgehead atoms. The number of halogens is 1. The summed E-state index contributed by atoms with van der Waals surface area (Å²) in [7, 11) is 0. The number of benzene rings is 2. The largest absolute Gasteiger partial charge is 0.494 e. The van der Waals surface area contributed by atoms with Crippen LogP contribution in [-0.4, -0.2) is 12.5 Å². The second-order valence-electron chi connectivity index (χ2n) is 6.12. The number of nitriles is 1. The highest BCUT2D eigenvalue weighted by Crippen LogP contribution is 2.32. The lowest BCUT2D eigenvalue weighted by Crippen LogP contribution is -2.12. The molecule has 0 saturated heterocycles. The van der Waals surface area contributed by atoms with Gasteiger partial charge in [-0.2, -0.15) is 5.26 Å². The molecule has 0 fully saturated rings. The number of hydrogen-bond donors (Lipinski definition) is 1. The summed E-state index contributed by atoms with van der Waals surface area (Å²) in [4.78, 5) is 11.3. The van der Waals surface area contributed by atoms with E-state index in [4.69, 9.17) is 27.3 Å². The van der Waals surface area contributed by atoms with Crippen LogP contribution in [0.3, 0.4) is 0 Å². The maximum absolute atomic E-state index is 11.3. The van der Waals surface area contributed by atoms with Gasteiger partial charge < -0.3 is 10.5 Å². The Kier molecular flexibility index (Phi) is 6.43. The van der Waals surface area contributed by atoms with Gasteiger partial charge in [0.15, 0.2) is 0 Å². The van der Waals surface area contributed by atoms with Crippen LogP contribution in [0.5, 0.6) is 5.75 Å². The fraction of sp³-hybridized carbons (Fsp3) is 0.238. The maximum Gasteiger partial charge on any atom is 0.259 e. The van der Waals surface area contributed by atoms with E-state index in [2.05, 4.69) is 32.0 Å². The second kappa shape index (κ2) is 8.55. The molecule has 2 rings (SSSR count). The van der Waals surface area contributed by atoms with Crippen LogP contribution in [0.2, 0.25) is 5.02 Å². The Morgan fingerprint density at radius 1 is 1.23 bits per heavy atom. The van der Waals surface area contributed by atoms with Crippen molar-refractivity contribution in [1.82, 2.24) is 0 Å². The molecule has 0 saturated carbocycles. The first-order valence-corrected chi connectivity index (χ1v) is 8.65. The van der Waals surface area contributed by atoms with Gasteiger partial charge in [0.25, 0.3) is 5.91 Å². The Balaban J connectivity index is 2.50. The number of primary amides is 1. The third kappa shape index (κ3) is 4.87. The molecule has 0 aromatic heterocycles. The minimum atomic E-state index is -0.777. The lowest BCUT2D eigenvalue weighted by atomic mass is 9.98. The predicted molar refractivity (Wildman–Crippen MR) is 104 cm³/mol. The highest BCUT2D eigenvalue weighted by molar-refractivity contribution is 6.31. The van der Waals surface area contributed by atoms with Crippen molar-refractivity contribution in [2.45, 2.75) is 27.2 Å². The number of nitrogens with two attached hydrogens (primary N) is 1. The Morgan fingerprint density at radius 2 is 1.88 bits per heavy atom. The lowest BCUT2D eigenvalue weighted by molar-refractivity contribution is -0.114. The third-order valence-electron chi connectivity index (χ3n) is 3.84. The topological polar surface area (TPSA) is 76.1 Å². The van der Waals surface area contributed by atoms with Gasteiger partial charge in [-0.3, -0.25) is 4.79 Å². The summed E-state index contributed by atoms with van der Waals surface area (Å²) in [6.07, 6.45) is 2.04. The first-order chi connectivity index (χ1) is 12.3. The number of hydrogen-bond acceptors (Lipinski definition) is 3. The molecule has 2 N–H and O–H groups in total. The number of ether oxygens (including phenoxy) is 1. The maximum atomic E-state index is 11.3. The van der Waals surface area contributed by atoms with Crippen LogP contribution < -0.4 is 10.5 Å². The minimum absolute atomic E-state index is 0.134. The minimum Gasteiger partial charge on any atom is -0.494 e. The number of amides is 1. The summed E-state index contributed by atoms with van der Waals surface area (Å²) in [6, 6.07) is 11.6. The summed E-state index contributed by atoms with van der Waals surface area (Å²) in [5.41, 5.74) is 10.0. The Bertz CT molecular complexity index is 891. The van der Waals surface area contributed by atoms with Crippen LogP contribution in [0.1, 0.15) is 34.7 Å². The van der Waals surface area contributed by atoms with E-state index < -0.39 is 5.91 Å². The standard InChI is InChI=1S/C21H21ClN2O2/c1-4-26-20-11-16(8-17(12-23)21(24)25)10-19(22)18(20)9-15-6-13(2)5-14(3)7-15/h5-8,10-11H,4,9H2,1-3H3,(H2,24,25)/b17-8+. The zero-order chi connectivity index (χ0) is 19.3. The monoisotopic (exact) mass is 368 g/mol. The molecular weight excluding hydrogens is 348 g/mol. The third-order valence-corrected chi connectivity index (χ3v) is 4.17. The van der Waals surface area contributed by atoms with Crippen molar-refractivity contribution in [1.29, 1.82) is 5.26 Å². The Morgan fingerprint density at radius 3 is 2.42 bits per heavy atom. The first kappa shape index (κ1) is 19.6. The molecule has 2 aromatic carbocycles. The van der Waals surface area contributed by atoms with E-state index in [1.807, 2.05) is 6.92 Å². The van der Waals surface area contributed by atoms with Gasteiger partial charge in [-0.15, -0.1) is 0 Å². The van der Waals surface area contributed by atoms with Crippen molar-refractivity contribution >= 4 is 23.6 Å². The normalized spacial score (nSPS) is 11.1. The quantitative estimate of drug-likeness (QED) is 0.608. The van der Waals surface area contributed by atoms with Crippen LogP contribution in [-0.2, 0) is 11.2 Å². The van der Waals surface area contributed by atoms with Crippen molar-refractivity contribution in [2.24, 2.45) is 5.73 Å². The van der Waals surface area contributed by atoms with Crippen molar-refractivity contribution in [3.05, 3.63) is 68.7 Å². The van der Waals surface area contributed by atoms with E-state index in [0.29, 0.717) is 29.4 Å². The van der Waals surface area contributed by atoms with Crippen molar-refractivity contribution in [3.63, 3.8) is 0 Å². The van der Waals surface area contributed by atoms with Crippen molar-refractivity contribution in [3.8, 4) is 11.8 Å². The average molecular weight is 369 g/mol. The number of aryl methyl sites for hydroxylation is 2. The van der Waals surface area contributed by atoms with Crippen LogP contribution in [0, 0.1) is 25.2 Å². The molecule has 0 atom stereocenters. The summed E-state index contributed by atoms with van der Waals surface area (Å²) in [5.74, 6) is -0.145. The fourth-order valence-electron chi connectivity index (χ4n) is 2.87. The summed E-state index contributed by atoms with van der Waals surface area (Å²) >= 11 is 6.50. The van der Waals surface area contributed by atoms with E-state index in [-0.39, 0.29) is 5.57 Å². The molecule has 0 unspecified atom stereocenters. The lowest BCUT2D eigenvalue weighted by Gasteiger charge is -2.14. The molecule has 0 heterocycles. The SMILES string of the molecule is CCOc1cc(/C=C(\C#N)C(N)=O)cc(Cl)c1Cc1cc(C)cc(C)c1. The summed E-state index contributed by atoms with van der Waals surface area (Å²) in [6.45, 7) is 6.48. The molecular formula is C21H21ClN2O2. The van der Waals surface area contributed by atoms with Gasteiger partial charge in [-0.05, 0) is 50.1 Å². The van der Waals surface area contributed by atoms with Crippen LogP contribution in [0.15, 0.2) is 35.9 Å². The van der Waals surface area contributed by atoms with E-state index in [1.54, 1.807) is 18.2 Å². The van der Waals surface area contributed by atoms with Crippen molar-refractivity contribution in [2.75, 3.05) is 6.61 Å². The van der Waals surface area contributed by atoms with E-state index in [1.165, 1.54) is 17.2 Å². The number of rotatable bonds is 6. The molecule has 0 aliphatic heterocycles. The van der Waals surface area contributed by atoms with E-state index >= 15 is 0 Å². The zero-order valence-electron chi connectivity index (χ0n) is 15.1. The van der Waals surface area contributed by atoms with E-state index in [0.717, 1.165) is 11.1 Å². The first-order valence-electron chi connectivity index (χ1n) is 8.28.